The molecule has 0 saturated carbocycles. The number of carbonyl (C=O) groups is 1. The van der Waals surface area contributed by atoms with Crippen LogP contribution in [0.4, 0.5) is 5.69 Å². The standard InChI is InChI=1S/C17H26N2O3S/c1-4-23(21,22)17-8-6-5-7-16(17)19-11-9-15(10-12-19)13(2)18-14(3)20/h5-8,13,15H,4,9-12H2,1-3H3,(H,18,20)/t13-/m0/s1. The summed E-state index contributed by atoms with van der Waals surface area (Å²) in [5.41, 5.74) is 0.806. The second-order valence-electron chi connectivity index (χ2n) is 6.18. The Kier molecular flexibility index (Phi) is 5.68. The average molecular weight is 338 g/mol. The first-order valence-corrected chi connectivity index (χ1v) is 9.84. The number of rotatable bonds is 5. The van der Waals surface area contributed by atoms with Crippen molar-refractivity contribution in [2.45, 2.75) is 44.6 Å². The molecule has 5 nitrogen and oxygen atoms in total. The summed E-state index contributed by atoms with van der Waals surface area (Å²) in [6, 6.07) is 7.40. The summed E-state index contributed by atoms with van der Waals surface area (Å²) in [5, 5.41) is 2.96. The summed E-state index contributed by atoms with van der Waals surface area (Å²) in [5.74, 6) is 0.546. The van der Waals surface area contributed by atoms with Crippen LogP contribution in [0.3, 0.4) is 0 Å². The van der Waals surface area contributed by atoms with Gasteiger partial charge in [-0.1, -0.05) is 19.1 Å². The van der Waals surface area contributed by atoms with Crippen molar-refractivity contribution in [2.75, 3.05) is 23.7 Å². The van der Waals surface area contributed by atoms with E-state index in [0.717, 1.165) is 31.6 Å². The first kappa shape index (κ1) is 17.8. The van der Waals surface area contributed by atoms with Crippen LogP contribution >= 0.6 is 0 Å². The van der Waals surface area contributed by atoms with E-state index in [0.29, 0.717) is 10.8 Å². The molecule has 1 atom stereocenters. The number of nitrogens with zero attached hydrogens (tertiary/aromatic N) is 1. The Balaban J connectivity index is 2.11. The van der Waals surface area contributed by atoms with Gasteiger partial charge in [0.2, 0.25) is 5.91 Å². The number of amides is 1. The Bertz CT molecular complexity index is 650. The zero-order chi connectivity index (χ0) is 17.0. The van der Waals surface area contributed by atoms with Gasteiger partial charge in [-0.3, -0.25) is 4.79 Å². The lowest BCUT2D eigenvalue weighted by Gasteiger charge is -2.37. The van der Waals surface area contributed by atoms with Crippen LogP contribution in [0.5, 0.6) is 0 Å². The largest absolute Gasteiger partial charge is 0.370 e. The van der Waals surface area contributed by atoms with Gasteiger partial charge in [-0.05, 0) is 37.8 Å². The number of carbonyl (C=O) groups excluding carboxylic acids is 1. The number of hydrogen-bond acceptors (Lipinski definition) is 4. The molecule has 6 heteroatoms. The Morgan fingerprint density at radius 3 is 2.48 bits per heavy atom. The molecule has 1 aliphatic heterocycles. The SMILES string of the molecule is CCS(=O)(=O)c1ccccc1N1CCC([C@H](C)NC(C)=O)CC1. The predicted octanol–water partition coefficient (Wildman–Crippen LogP) is 2.22. The van der Waals surface area contributed by atoms with Crippen molar-refractivity contribution in [3.05, 3.63) is 24.3 Å². The zero-order valence-electron chi connectivity index (χ0n) is 14.1. The second-order valence-corrected chi connectivity index (χ2v) is 8.43. The van der Waals surface area contributed by atoms with Gasteiger partial charge in [0.15, 0.2) is 9.84 Å². The third-order valence-electron chi connectivity index (χ3n) is 4.60. The van der Waals surface area contributed by atoms with Crippen molar-refractivity contribution in [1.29, 1.82) is 0 Å². The third-order valence-corrected chi connectivity index (χ3v) is 6.37. The molecule has 2 rings (SSSR count). The van der Waals surface area contributed by atoms with E-state index >= 15 is 0 Å². The first-order valence-electron chi connectivity index (χ1n) is 8.19. The Morgan fingerprint density at radius 1 is 1.30 bits per heavy atom. The maximum Gasteiger partial charge on any atom is 0.217 e. The topological polar surface area (TPSA) is 66.5 Å². The maximum absolute atomic E-state index is 12.3. The van der Waals surface area contributed by atoms with E-state index < -0.39 is 9.84 Å². The van der Waals surface area contributed by atoms with Gasteiger partial charge < -0.3 is 10.2 Å². The number of para-hydroxylation sites is 1. The first-order chi connectivity index (χ1) is 10.8. The molecule has 1 N–H and O–H groups in total. The normalized spacial score (nSPS) is 17.8. The van der Waals surface area contributed by atoms with Crippen LogP contribution < -0.4 is 10.2 Å². The molecule has 0 unspecified atom stereocenters. The number of anilines is 1. The van der Waals surface area contributed by atoms with E-state index in [-0.39, 0.29) is 17.7 Å². The fraction of sp³-hybridized carbons (Fsp3) is 0.588. The molecule has 1 heterocycles. The molecule has 128 valence electrons. The van der Waals surface area contributed by atoms with E-state index in [4.69, 9.17) is 0 Å². The van der Waals surface area contributed by atoms with Crippen LogP contribution in [0, 0.1) is 5.92 Å². The van der Waals surface area contributed by atoms with Gasteiger partial charge in [-0.25, -0.2) is 8.42 Å². The minimum Gasteiger partial charge on any atom is -0.370 e. The minimum absolute atomic E-state index is 0.000635. The van der Waals surface area contributed by atoms with E-state index in [2.05, 4.69) is 10.2 Å². The molecule has 0 aromatic heterocycles. The summed E-state index contributed by atoms with van der Waals surface area (Å²) >= 11 is 0. The zero-order valence-corrected chi connectivity index (χ0v) is 14.9. The van der Waals surface area contributed by atoms with Crippen molar-refractivity contribution >= 4 is 21.4 Å². The molecule has 0 aliphatic carbocycles. The van der Waals surface area contributed by atoms with Gasteiger partial charge >= 0.3 is 0 Å². The molecular formula is C17H26N2O3S. The lowest BCUT2D eigenvalue weighted by atomic mass is 9.90. The van der Waals surface area contributed by atoms with Crippen molar-refractivity contribution in [1.82, 2.24) is 5.32 Å². The number of sulfone groups is 1. The van der Waals surface area contributed by atoms with Crippen LogP contribution in [0.1, 0.15) is 33.6 Å². The third kappa shape index (κ3) is 4.25. The highest BCUT2D eigenvalue weighted by Gasteiger charge is 2.27. The summed E-state index contributed by atoms with van der Waals surface area (Å²) in [4.78, 5) is 13.8. The summed E-state index contributed by atoms with van der Waals surface area (Å²) in [7, 11) is -3.22. The molecule has 0 bridgehead atoms. The van der Waals surface area contributed by atoms with Gasteiger partial charge in [-0.2, -0.15) is 0 Å². The van der Waals surface area contributed by atoms with Gasteiger partial charge in [0.05, 0.1) is 16.3 Å². The van der Waals surface area contributed by atoms with Crippen LogP contribution in [0.2, 0.25) is 0 Å². The van der Waals surface area contributed by atoms with E-state index in [1.165, 1.54) is 6.92 Å². The van der Waals surface area contributed by atoms with Gasteiger partial charge in [0.1, 0.15) is 0 Å². The molecule has 23 heavy (non-hydrogen) atoms. The molecule has 1 aliphatic rings. The van der Waals surface area contributed by atoms with E-state index in [9.17, 15) is 13.2 Å². The smallest absolute Gasteiger partial charge is 0.217 e. The van der Waals surface area contributed by atoms with Crippen LogP contribution in [0.25, 0.3) is 0 Å². The maximum atomic E-state index is 12.3. The highest BCUT2D eigenvalue weighted by atomic mass is 32.2. The molecule has 0 spiro atoms. The molecule has 0 radical (unpaired) electrons. The van der Waals surface area contributed by atoms with Crippen LogP contribution in [-0.4, -0.2) is 39.2 Å². The molecule has 1 aromatic carbocycles. The van der Waals surface area contributed by atoms with E-state index in [1.807, 2.05) is 19.1 Å². The fourth-order valence-corrected chi connectivity index (χ4v) is 4.33. The Hall–Kier alpha value is -1.56. The van der Waals surface area contributed by atoms with Crippen LogP contribution in [0.15, 0.2) is 29.2 Å². The average Bonchev–Trinajstić information content (AvgIpc) is 2.54. The minimum atomic E-state index is -3.22. The Morgan fingerprint density at radius 2 is 1.91 bits per heavy atom. The van der Waals surface area contributed by atoms with Gasteiger partial charge in [-0.15, -0.1) is 0 Å². The van der Waals surface area contributed by atoms with E-state index in [1.54, 1.807) is 19.1 Å². The molecule has 1 aromatic rings. The van der Waals surface area contributed by atoms with Crippen molar-refractivity contribution in [3.63, 3.8) is 0 Å². The number of nitrogens with one attached hydrogen (secondary N) is 1. The molecular weight excluding hydrogens is 312 g/mol. The highest BCUT2D eigenvalue weighted by molar-refractivity contribution is 7.91. The second kappa shape index (κ2) is 7.34. The van der Waals surface area contributed by atoms with Crippen molar-refractivity contribution in [3.8, 4) is 0 Å². The molecule has 1 amide bonds. The summed E-state index contributed by atoms with van der Waals surface area (Å²) in [6.07, 6.45) is 1.89. The quantitative estimate of drug-likeness (QED) is 0.894. The van der Waals surface area contributed by atoms with Gasteiger partial charge in [0, 0.05) is 26.1 Å². The predicted molar refractivity (Wildman–Crippen MR) is 92.4 cm³/mol. The van der Waals surface area contributed by atoms with Crippen molar-refractivity contribution < 1.29 is 13.2 Å². The molecule has 1 saturated heterocycles. The van der Waals surface area contributed by atoms with Crippen LogP contribution in [-0.2, 0) is 14.6 Å². The van der Waals surface area contributed by atoms with Gasteiger partial charge in [0.25, 0.3) is 0 Å². The summed E-state index contributed by atoms with van der Waals surface area (Å²) in [6.45, 7) is 6.87. The number of benzene rings is 1. The highest BCUT2D eigenvalue weighted by Crippen LogP contribution is 2.30. The lowest BCUT2D eigenvalue weighted by Crippen LogP contribution is -2.43. The molecule has 1 fully saturated rings. The number of hydrogen-bond donors (Lipinski definition) is 1. The lowest BCUT2D eigenvalue weighted by molar-refractivity contribution is -0.119. The Labute approximate surface area is 139 Å². The fourth-order valence-electron chi connectivity index (χ4n) is 3.22. The van der Waals surface area contributed by atoms with Crippen molar-refractivity contribution in [2.24, 2.45) is 5.92 Å². The monoisotopic (exact) mass is 338 g/mol. The number of piperidine rings is 1. The summed E-state index contributed by atoms with van der Waals surface area (Å²) < 4.78 is 24.6.